The zero-order valence-electron chi connectivity index (χ0n) is 18.5. The maximum absolute atomic E-state index is 11.9. The highest BCUT2D eigenvalue weighted by atomic mass is 19.4. The molecule has 214 valence electrons. The van der Waals surface area contributed by atoms with E-state index in [4.69, 9.17) is 37.0 Å². The molecule has 0 aromatic carbocycles. The van der Waals surface area contributed by atoms with Crippen molar-refractivity contribution in [2.45, 2.75) is 49.7 Å². The Morgan fingerprint density at radius 2 is 1.54 bits per heavy atom. The third kappa shape index (κ3) is 18.0. The highest BCUT2D eigenvalue weighted by molar-refractivity contribution is 5.83. The lowest BCUT2D eigenvalue weighted by Gasteiger charge is -2.16. The Balaban J connectivity index is 0. The second kappa shape index (κ2) is 15.9. The van der Waals surface area contributed by atoms with E-state index in [0.29, 0.717) is 25.8 Å². The molecular weight excluding hydrogens is 534 g/mol. The first-order chi connectivity index (χ1) is 16.7. The molecule has 22 heteroatoms. The van der Waals surface area contributed by atoms with E-state index in [-0.39, 0.29) is 24.5 Å². The summed E-state index contributed by atoms with van der Waals surface area (Å²) in [7, 11) is 0. The van der Waals surface area contributed by atoms with Gasteiger partial charge in [0.2, 0.25) is 11.8 Å². The molecule has 0 bridgehead atoms. The summed E-state index contributed by atoms with van der Waals surface area (Å²) < 4.78 is 63.5. The molecule has 0 spiro atoms. The number of carbonyl (C=O) groups excluding carboxylic acids is 2. The number of alkyl halides is 6. The fraction of sp³-hybridized carbons (Fsp3) is 0.667. The number of aliphatic carboxylic acids is 2. The Morgan fingerprint density at radius 1 is 1.08 bits per heavy atom. The average Bonchev–Trinajstić information content (AvgIpc) is 3.18. The largest absolute Gasteiger partial charge is 0.490 e. The van der Waals surface area contributed by atoms with Crippen LogP contribution in [0.25, 0.3) is 0 Å². The highest BCUT2D eigenvalue weighted by Gasteiger charge is 2.38. The van der Waals surface area contributed by atoms with Crippen molar-refractivity contribution in [3.8, 4) is 0 Å². The fourth-order valence-electron chi connectivity index (χ4n) is 2.14. The summed E-state index contributed by atoms with van der Waals surface area (Å²) in [5, 5.41) is 29.2. The Bertz CT molecular complexity index is 814. The van der Waals surface area contributed by atoms with E-state index < -0.39 is 47.3 Å². The molecule has 0 radical (unpaired) electrons. The van der Waals surface area contributed by atoms with Crippen LogP contribution in [0.15, 0.2) is 4.99 Å². The summed E-state index contributed by atoms with van der Waals surface area (Å²) in [6.07, 6.45) is -8.94. The summed E-state index contributed by atoms with van der Waals surface area (Å²) in [6.45, 7) is 0.668. The number of primary amides is 1. The van der Waals surface area contributed by atoms with E-state index in [1.165, 1.54) is 0 Å². The minimum Gasteiger partial charge on any atom is -0.475 e. The smallest absolute Gasteiger partial charge is 0.475 e. The summed E-state index contributed by atoms with van der Waals surface area (Å²) in [4.78, 5) is 54.5. The molecule has 1 fully saturated rings. The van der Waals surface area contributed by atoms with Crippen LogP contribution in [0.1, 0.15) is 19.3 Å². The fourth-order valence-corrected chi connectivity index (χ4v) is 2.14. The van der Waals surface area contributed by atoms with E-state index >= 15 is 0 Å². The lowest BCUT2D eigenvalue weighted by atomic mass is 10.1. The van der Waals surface area contributed by atoms with Crippen LogP contribution < -0.4 is 33.3 Å². The zero-order valence-corrected chi connectivity index (χ0v) is 18.5. The first-order valence-corrected chi connectivity index (χ1v) is 9.58. The second-order valence-corrected chi connectivity index (χ2v) is 6.79. The Labute approximate surface area is 202 Å². The standard InChI is InChI=1S/C11H22N8O4.2C2HF3O2/c12-7(2-1-3-15-11(14)18-19(22)23)10(21)17-6-4-8(9(13)20)16-5-6;2*3-2(4,5)1(6)7/h6-8,16H,1-5,12H2,(H2,13,20)(H,17,21)(H3,14,15,18);2*(H,6,7)/t6-,7+,8+;;/m1../s1. The number of aliphatic imine (C=N–C) groups is 1. The molecule has 0 aromatic rings. The Hall–Kier alpha value is -3.95. The van der Waals surface area contributed by atoms with Gasteiger partial charge in [0.15, 0.2) is 5.03 Å². The number of carbonyl (C=O) groups is 4. The SMILES string of the molecule is NC(=O)[C@@H]1C[C@@H](NC(=O)[C@@H](N)CCCN=C(N)N[N+](=O)[O-])CN1.O=C(O)C(F)(F)F.O=C(O)C(F)(F)F. The molecule has 16 nitrogen and oxygen atoms in total. The van der Waals surface area contributed by atoms with Gasteiger partial charge in [-0.2, -0.15) is 26.3 Å². The van der Waals surface area contributed by atoms with Crippen molar-refractivity contribution in [3.05, 3.63) is 10.1 Å². The van der Waals surface area contributed by atoms with Crippen LogP contribution in [0.2, 0.25) is 0 Å². The van der Waals surface area contributed by atoms with E-state index in [0.717, 1.165) is 0 Å². The third-order valence-electron chi connectivity index (χ3n) is 3.80. The lowest BCUT2D eigenvalue weighted by molar-refractivity contribution is -0.525. The van der Waals surface area contributed by atoms with E-state index in [1.807, 2.05) is 0 Å². The van der Waals surface area contributed by atoms with Gasteiger partial charge in [-0.05, 0) is 19.3 Å². The molecule has 1 aliphatic heterocycles. The van der Waals surface area contributed by atoms with Gasteiger partial charge in [-0.25, -0.2) is 24.7 Å². The number of carboxylic acid groups (broad SMARTS) is 2. The summed E-state index contributed by atoms with van der Waals surface area (Å²) >= 11 is 0. The number of hydrogen-bond donors (Lipinski definition) is 8. The molecule has 11 N–H and O–H groups in total. The number of nitrogens with zero attached hydrogens (tertiary/aromatic N) is 2. The molecule has 0 saturated carbocycles. The molecule has 37 heavy (non-hydrogen) atoms. The molecule has 1 aliphatic rings. The van der Waals surface area contributed by atoms with Crippen LogP contribution in [-0.2, 0) is 19.2 Å². The number of nitrogens with two attached hydrogens (primary N) is 3. The first-order valence-electron chi connectivity index (χ1n) is 9.58. The Kier molecular flexibility index (Phi) is 15.2. The number of halogens is 6. The minimum absolute atomic E-state index is 0.191. The number of rotatable bonds is 8. The third-order valence-corrected chi connectivity index (χ3v) is 3.80. The normalized spacial score (nSPS) is 18.2. The quantitative estimate of drug-likeness (QED) is 0.0393. The molecular formula is C15H24F6N8O8. The van der Waals surface area contributed by atoms with Gasteiger partial charge in [-0.1, -0.05) is 5.43 Å². The summed E-state index contributed by atoms with van der Waals surface area (Å²) in [5.74, 6) is -6.60. The van der Waals surface area contributed by atoms with Crippen molar-refractivity contribution >= 4 is 29.7 Å². The van der Waals surface area contributed by atoms with Crippen molar-refractivity contribution in [2.75, 3.05) is 13.1 Å². The Morgan fingerprint density at radius 3 is 1.89 bits per heavy atom. The minimum atomic E-state index is -5.08. The van der Waals surface area contributed by atoms with Crippen LogP contribution in [0.4, 0.5) is 26.3 Å². The number of hydrazine groups is 1. The van der Waals surface area contributed by atoms with Gasteiger partial charge in [0.1, 0.15) is 0 Å². The monoisotopic (exact) mass is 558 g/mol. The van der Waals surface area contributed by atoms with Crippen LogP contribution in [0, 0.1) is 10.1 Å². The molecule has 2 amide bonds. The van der Waals surface area contributed by atoms with Crippen LogP contribution in [-0.4, -0.2) is 88.5 Å². The van der Waals surface area contributed by atoms with Gasteiger partial charge in [-0.15, -0.1) is 0 Å². The number of guanidine groups is 1. The number of nitrogens with one attached hydrogen (secondary N) is 3. The highest BCUT2D eigenvalue weighted by Crippen LogP contribution is 2.13. The zero-order chi connectivity index (χ0) is 29.6. The molecule has 3 atom stereocenters. The number of nitro groups is 1. The predicted octanol–water partition coefficient (Wildman–Crippen LogP) is -2.21. The number of amides is 2. The van der Waals surface area contributed by atoms with E-state index in [2.05, 4.69) is 15.6 Å². The predicted molar refractivity (Wildman–Crippen MR) is 109 cm³/mol. The summed E-state index contributed by atoms with van der Waals surface area (Å²) in [6, 6.07) is -1.37. The topological polar surface area (TPSA) is 278 Å². The van der Waals surface area contributed by atoms with Gasteiger partial charge >= 0.3 is 24.3 Å². The van der Waals surface area contributed by atoms with Crippen molar-refractivity contribution in [3.63, 3.8) is 0 Å². The van der Waals surface area contributed by atoms with Crippen LogP contribution in [0.3, 0.4) is 0 Å². The molecule has 0 aliphatic carbocycles. The first kappa shape index (κ1) is 35.2. The maximum atomic E-state index is 11.9. The van der Waals surface area contributed by atoms with Gasteiger partial charge in [0, 0.05) is 19.1 Å². The van der Waals surface area contributed by atoms with Crippen molar-refractivity contribution < 1.29 is 60.8 Å². The van der Waals surface area contributed by atoms with Crippen LogP contribution >= 0.6 is 0 Å². The molecule has 0 unspecified atom stereocenters. The number of carboxylic acids is 2. The van der Waals surface area contributed by atoms with Crippen molar-refractivity contribution in [1.29, 1.82) is 0 Å². The van der Waals surface area contributed by atoms with Crippen molar-refractivity contribution in [1.82, 2.24) is 16.1 Å². The van der Waals surface area contributed by atoms with Crippen molar-refractivity contribution in [2.24, 2.45) is 22.2 Å². The van der Waals surface area contributed by atoms with Crippen LogP contribution in [0.5, 0.6) is 0 Å². The molecule has 1 rings (SSSR count). The van der Waals surface area contributed by atoms with E-state index in [1.54, 1.807) is 5.43 Å². The lowest BCUT2D eigenvalue weighted by Crippen LogP contribution is -2.46. The second-order valence-electron chi connectivity index (χ2n) is 6.79. The molecule has 1 heterocycles. The van der Waals surface area contributed by atoms with E-state index in [9.17, 15) is 46.0 Å². The van der Waals surface area contributed by atoms with Gasteiger partial charge in [-0.3, -0.25) is 9.59 Å². The molecule has 0 aromatic heterocycles. The van der Waals surface area contributed by atoms with Gasteiger partial charge in [0.25, 0.3) is 5.96 Å². The van der Waals surface area contributed by atoms with Gasteiger partial charge < -0.3 is 38.0 Å². The van der Waals surface area contributed by atoms with Gasteiger partial charge in [0.05, 0.1) is 12.1 Å². The molecule has 1 saturated heterocycles. The number of hydrogen-bond acceptors (Lipinski definition) is 9. The summed E-state index contributed by atoms with van der Waals surface area (Å²) in [5.41, 5.74) is 17.9. The maximum Gasteiger partial charge on any atom is 0.490 e. The average molecular weight is 558 g/mol.